The van der Waals surface area contributed by atoms with Crippen molar-refractivity contribution in [3.05, 3.63) is 29.8 Å². The summed E-state index contributed by atoms with van der Waals surface area (Å²) in [7, 11) is 1.70. The number of rotatable bonds is 8. The van der Waals surface area contributed by atoms with E-state index in [2.05, 4.69) is 54.0 Å². The first kappa shape index (κ1) is 17.0. The lowest BCUT2D eigenvalue weighted by Gasteiger charge is -2.31. The van der Waals surface area contributed by atoms with Crippen molar-refractivity contribution in [2.45, 2.75) is 18.2 Å². The van der Waals surface area contributed by atoms with E-state index in [1.54, 1.807) is 7.11 Å². The molecule has 0 radical (unpaired) electrons. The van der Waals surface area contributed by atoms with E-state index in [0.29, 0.717) is 24.5 Å². The molecule has 0 aliphatic carbocycles. The van der Waals surface area contributed by atoms with E-state index in [4.69, 9.17) is 9.47 Å². The molecule has 3 nitrogen and oxygen atoms in total. The van der Waals surface area contributed by atoms with Gasteiger partial charge in [0.2, 0.25) is 0 Å². The maximum Gasteiger partial charge on any atom is 0.124 e. The van der Waals surface area contributed by atoms with Crippen LogP contribution in [0.3, 0.4) is 0 Å². The zero-order valence-corrected chi connectivity index (χ0v) is 14.5. The van der Waals surface area contributed by atoms with E-state index in [9.17, 15) is 0 Å². The molecule has 1 aromatic carbocycles. The smallest absolute Gasteiger partial charge is 0.124 e. The third-order valence-corrected chi connectivity index (χ3v) is 6.30. The molecule has 0 saturated carbocycles. The predicted octanol–water partition coefficient (Wildman–Crippen LogP) is 3.21. The van der Waals surface area contributed by atoms with Gasteiger partial charge in [0.05, 0.1) is 6.61 Å². The normalized spacial score (nSPS) is 20.2. The highest BCUT2D eigenvalue weighted by atomic mass is 32.2. The zero-order valence-electron chi connectivity index (χ0n) is 12.8. The molecular formula is C16H25NO2S2. The minimum atomic E-state index is 0.353. The third kappa shape index (κ3) is 5.09. The van der Waals surface area contributed by atoms with E-state index in [1.807, 2.05) is 6.07 Å². The molecule has 0 amide bonds. The molecule has 0 bridgehead atoms. The molecule has 1 aromatic rings. The number of hydrogen-bond donors (Lipinski definition) is 1. The van der Waals surface area contributed by atoms with Crippen LogP contribution in [0.2, 0.25) is 0 Å². The number of nitrogens with one attached hydrogen (secondary N) is 1. The first-order chi connectivity index (χ1) is 10.4. The second-order valence-electron chi connectivity index (χ2n) is 4.90. The Morgan fingerprint density at radius 1 is 1.29 bits per heavy atom. The minimum Gasteiger partial charge on any atom is -0.491 e. The van der Waals surface area contributed by atoms with E-state index < -0.39 is 0 Å². The number of thioether (sulfide) groups is 2. The van der Waals surface area contributed by atoms with Gasteiger partial charge in [-0.1, -0.05) is 25.1 Å². The SMILES string of the molecule is CCNC(c1ccccc1OCCOC)C1CSCCS1. The Balaban J connectivity index is 2.14. The molecule has 0 spiro atoms. The summed E-state index contributed by atoms with van der Waals surface area (Å²) in [6.45, 7) is 4.36. The molecule has 0 aromatic heterocycles. The van der Waals surface area contributed by atoms with Crippen molar-refractivity contribution in [3.63, 3.8) is 0 Å². The van der Waals surface area contributed by atoms with Crippen molar-refractivity contribution in [2.24, 2.45) is 0 Å². The van der Waals surface area contributed by atoms with Gasteiger partial charge in [-0.3, -0.25) is 0 Å². The number of para-hydroxylation sites is 1. The van der Waals surface area contributed by atoms with Gasteiger partial charge < -0.3 is 14.8 Å². The average Bonchev–Trinajstić information content (AvgIpc) is 2.54. The van der Waals surface area contributed by atoms with Crippen LogP contribution >= 0.6 is 23.5 Å². The molecule has 21 heavy (non-hydrogen) atoms. The molecule has 118 valence electrons. The fraction of sp³-hybridized carbons (Fsp3) is 0.625. The first-order valence-corrected chi connectivity index (χ1v) is 9.70. The molecule has 1 aliphatic heterocycles. The van der Waals surface area contributed by atoms with Crippen molar-refractivity contribution in [3.8, 4) is 5.75 Å². The average molecular weight is 328 g/mol. The summed E-state index contributed by atoms with van der Waals surface area (Å²) in [5.41, 5.74) is 1.27. The minimum absolute atomic E-state index is 0.353. The maximum atomic E-state index is 5.91. The second kappa shape index (κ2) is 9.62. The number of benzene rings is 1. The van der Waals surface area contributed by atoms with Crippen molar-refractivity contribution >= 4 is 23.5 Å². The Morgan fingerprint density at radius 3 is 2.86 bits per heavy atom. The van der Waals surface area contributed by atoms with Crippen LogP contribution in [0.15, 0.2) is 24.3 Å². The molecule has 1 N–H and O–H groups in total. The van der Waals surface area contributed by atoms with Crippen molar-refractivity contribution in [1.29, 1.82) is 0 Å². The quantitative estimate of drug-likeness (QED) is 0.741. The Labute approximate surface area is 136 Å². The lowest BCUT2D eigenvalue weighted by Crippen LogP contribution is -2.34. The Morgan fingerprint density at radius 2 is 2.14 bits per heavy atom. The predicted molar refractivity (Wildman–Crippen MR) is 93.8 cm³/mol. The standard InChI is InChI=1S/C16H25NO2S2/c1-3-17-16(15-12-20-10-11-21-15)13-6-4-5-7-14(13)19-9-8-18-2/h4-7,15-17H,3,8-12H2,1-2H3. The van der Waals surface area contributed by atoms with Crippen LogP contribution in [0.4, 0.5) is 0 Å². The van der Waals surface area contributed by atoms with E-state index in [1.165, 1.54) is 22.8 Å². The van der Waals surface area contributed by atoms with Crippen LogP contribution in [0.25, 0.3) is 0 Å². The summed E-state index contributed by atoms with van der Waals surface area (Å²) < 4.78 is 11.0. The monoisotopic (exact) mass is 327 g/mol. The van der Waals surface area contributed by atoms with Gasteiger partial charge in [-0.05, 0) is 12.6 Å². The first-order valence-electron chi connectivity index (χ1n) is 7.50. The highest BCUT2D eigenvalue weighted by molar-refractivity contribution is 8.06. The van der Waals surface area contributed by atoms with Crippen LogP contribution in [-0.2, 0) is 4.74 Å². The zero-order chi connectivity index (χ0) is 14.9. The molecule has 1 saturated heterocycles. The molecule has 5 heteroatoms. The van der Waals surface area contributed by atoms with Gasteiger partial charge in [-0.2, -0.15) is 23.5 Å². The second-order valence-corrected chi connectivity index (χ2v) is 7.40. The van der Waals surface area contributed by atoms with E-state index in [-0.39, 0.29) is 0 Å². The summed E-state index contributed by atoms with van der Waals surface area (Å²) >= 11 is 4.14. The van der Waals surface area contributed by atoms with Crippen LogP contribution in [0.5, 0.6) is 5.75 Å². The van der Waals surface area contributed by atoms with Gasteiger partial charge >= 0.3 is 0 Å². The lowest BCUT2D eigenvalue weighted by atomic mass is 10.0. The highest BCUT2D eigenvalue weighted by Crippen LogP contribution is 2.37. The van der Waals surface area contributed by atoms with Crippen LogP contribution in [0, 0.1) is 0 Å². The third-order valence-electron chi connectivity index (χ3n) is 3.44. The van der Waals surface area contributed by atoms with Gasteiger partial charge in [0, 0.05) is 41.2 Å². The topological polar surface area (TPSA) is 30.5 Å². The van der Waals surface area contributed by atoms with Gasteiger partial charge in [-0.15, -0.1) is 0 Å². The number of ether oxygens (including phenoxy) is 2. The van der Waals surface area contributed by atoms with Gasteiger partial charge in [0.1, 0.15) is 12.4 Å². The van der Waals surface area contributed by atoms with Crippen LogP contribution < -0.4 is 10.1 Å². The van der Waals surface area contributed by atoms with Crippen LogP contribution in [-0.4, -0.2) is 49.4 Å². The Hall–Kier alpha value is -0.360. The summed E-state index contributed by atoms with van der Waals surface area (Å²) in [6.07, 6.45) is 0. The number of hydrogen-bond acceptors (Lipinski definition) is 5. The summed E-state index contributed by atoms with van der Waals surface area (Å²) in [6, 6.07) is 8.75. The summed E-state index contributed by atoms with van der Waals surface area (Å²) in [4.78, 5) is 0. The number of methoxy groups -OCH3 is 1. The summed E-state index contributed by atoms with van der Waals surface area (Å²) in [5, 5.41) is 4.26. The molecule has 2 unspecified atom stereocenters. The van der Waals surface area contributed by atoms with E-state index >= 15 is 0 Å². The van der Waals surface area contributed by atoms with Crippen molar-refractivity contribution in [2.75, 3.05) is 44.1 Å². The largest absolute Gasteiger partial charge is 0.491 e. The molecule has 2 atom stereocenters. The highest BCUT2D eigenvalue weighted by Gasteiger charge is 2.27. The summed E-state index contributed by atoms with van der Waals surface area (Å²) in [5.74, 6) is 4.70. The van der Waals surface area contributed by atoms with Crippen molar-refractivity contribution in [1.82, 2.24) is 5.32 Å². The van der Waals surface area contributed by atoms with Gasteiger partial charge in [0.25, 0.3) is 0 Å². The molecule has 1 heterocycles. The molecule has 2 rings (SSSR count). The molecule has 1 fully saturated rings. The van der Waals surface area contributed by atoms with E-state index in [0.717, 1.165) is 12.3 Å². The fourth-order valence-electron chi connectivity index (χ4n) is 2.46. The van der Waals surface area contributed by atoms with Gasteiger partial charge in [0.15, 0.2) is 0 Å². The molecular weight excluding hydrogens is 302 g/mol. The van der Waals surface area contributed by atoms with Gasteiger partial charge in [-0.25, -0.2) is 0 Å². The lowest BCUT2D eigenvalue weighted by molar-refractivity contribution is 0.145. The Kier molecular flexibility index (Phi) is 7.78. The Bertz CT molecular complexity index is 411. The fourth-order valence-corrected chi connectivity index (χ4v) is 5.32. The van der Waals surface area contributed by atoms with Crippen LogP contribution in [0.1, 0.15) is 18.5 Å². The maximum absolute atomic E-state index is 5.91. The van der Waals surface area contributed by atoms with Crippen molar-refractivity contribution < 1.29 is 9.47 Å². The molecule has 1 aliphatic rings.